The lowest BCUT2D eigenvalue weighted by atomic mass is 9.94. The van der Waals surface area contributed by atoms with Crippen molar-refractivity contribution in [2.24, 2.45) is 0 Å². The molecule has 0 spiro atoms. The number of thiocarbonyl (C=S) groups is 1. The van der Waals surface area contributed by atoms with Gasteiger partial charge in [0.25, 0.3) is 0 Å². The first-order valence-corrected chi connectivity index (χ1v) is 9.63. The van der Waals surface area contributed by atoms with Crippen LogP contribution in [0.1, 0.15) is 33.9 Å². The molecule has 2 N–H and O–H groups in total. The van der Waals surface area contributed by atoms with Crippen LogP contribution in [-0.4, -0.2) is 5.11 Å². The van der Waals surface area contributed by atoms with Gasteiger partial charge in [-0.25, -0.2) is 0 Å². The van der Waals surface area contributed by atoms with E-state index in [1.54, 1.807) is 0 Å². The van der Waals surface area contributed by atoms with E-state index in [1.807, 2.05) is 42.5 Å². The van der Waals surface area contributed by atoms with E-state index in [-0.39, 0.29) is 6.04 Å². The van der Waals surface area contributed by atoms with Crippen LogP contribution in [0.25, 0.3) is 0 Å². The Kier molecular flexibility index (Phi) is 6.41. The van der Waals surface area contributed by atoms with E-state index in [4.69, 9.17) is 17.5 Å². The second-order valence-electron chi connectivity index (χ2n) is 6.83. The Morgan fingerprint density at radius 1 is 1.00 bits per heavy atom. The standard InChI is InChI=1S/C24H23N3S/c1-17-8-13-22(18(2)16-17)23(20-6-4-3-5-7-20)27-24(28)26-21-11-9-19(10-12-21)14-15-25/h3-13,16,23H,14H2,1-2H3,(H2,26,27,28)/t23-/m0/s1. The maximum atomic E-state index is 8.79. The zero-order valence-corrected chi connectivity index (χ0v) is 16.9. The van der Waals surface area contributed by atoms with Crippen molar-refractivity contribution in [1.29, 1.82) is 5.26 Å². The lowest BCUT2D eigenvalue weighted by Gasteiger charge is -2.24. The van der Waals surface area contributed by atoms with Gasteiger partial charge in [0.1, 0.15) is 0 Å². The van der Waals surface area contributed by atoms with Crippen LogP contribution in [0.4, 0.5) is 5.69 Å². The summed E-state index contributed by atoms with van der Waals surface area (Å²) in [6.07, 6.45) is 0.408. The topological polar surface area (TPSA) is 47.8 Å². The molecule has 0 aliphatic rings. The van der Waals surface area contributed by atoms with Crippen LogP contribution < -0.4 is 10.6 Å². The molecule has 0 radical (unpaired) electrons. The molecular weight excluding hydrogens is 362 g/mol. The highest BCUT2D eigenvalue weighted by Crippen LogP contribution is 2.26. The van der Waals surface area contributed by atoms with Gasteiger partial charge in [-0.1, -0.05) is 66.2 Å². The van der Waals surface area contributed by atoms with E-state index >= 15 is 0 Å². The van der Waals surface area contributed by atoms with Gasteiger partial charge in [-0.2, -0.15) is 5.26 Å². The predicted molar refractivity (Wildman–Crippen MR) is 119 cm³/mol. The third kappa shape index (κ3) is 4.97. The van der Waals surface area contributed by atoms with Crippen LogP contribution in [0, 0.1) is 25.2 Å². The van der Waals surface area contributed by atoms with Crippen LogP contribution >= 0.6 is 12.2 Å². The van der Waals surface area contributed by atoms with Crippen molar-refractivity contribution in [3.63, 3.8) is 0 Å². The molecule has 3 rings (SSSR count). The number of nitrogens with zero attached hydrogens (tertiary/aromatic N) is 1. The predicted octanol–water partition coefficient (Wildman–Crippen LogP) is 5.45. The van der Waals surface area contributed by atoms with Crippen molar-refractivity contribution in [3.05, 3.63) is 101 Å². The minimum Gasteiger partial charge on any atom is -0.352 e. The second-order valence-corrected chi connectivity index (χ2v) is 7.24. The minimum absolute atomic E-state index is 0.0420. The van der Waals surface area contributed by atoms with E-state index in [1.165, 1.54) is 16.7 Å². The fourth-order valence-corrected chi connectivity index (χ4v) is 3.47. The van der Waals surface area contributed by atoms with Gasteiger partial charge in [-0.05, 0) is 60.5 Å². The molecule has 0 heterocycles. The first-order chi connectivity index (χ1) is 13.6. The number of aryl methyl sites for hydroxylation is 2. The normalized spacial score (nSPS) is 11.3. The highest BCUT2D eigenvalue weighted by molar-refractivity contribution is 7.80. The molecule has 0 aliphatic carbocycles. The highest BCUT2D eigenvalue weighted by Gasteiger charge is 2.17. The van der Waals surface area contributed by atoms with Gasteiger partial charge in [0.15, 0.2) is 5.11 Å². The monoisotopic (exact) mass is 385 g/mol. The third-order valence-electron chi connectivity index (χ3n) is 4.64. The summed E-state index contributed by atoms with van der Waals surface area (Å²) in [7, 11) is 0. The van der Waals surface area contributed by atoms with Crippen molar-refractivity contribution >= 4 is 23.0 Å². The van der Waals surface area contributed by atoms with Gasteiger partial charge in [0, 0.05) is 5.69 Å². The molecule has 0 aromatic heterocycles. The molecule has 3 nitrogen and oxygen atoms in total. The fraction of sp³-hybridized carbons (Fsp3) is 0.167. The van der Waals surface area contributed by atoms with Crippen LogP contribution in [0.15, 0.2) is 72.8 Å². The van der Waals surface area contributed by atoms with E-state index in [0.717, 1.165) is 16.8 Å². The molecule has 140 valence electrons. The molecule has 28 heavy (non-hydrogen) atoms. The SMILES string of the molecule is Cc1ccc([C@@H](NC(=S)Nc2ccc(CC#N)cc2)c2ccccc2)c(C)c1. The van der Waals surface area contributed by atoms with Crippen molar-refractivity contribution in [3.8, 4) is 6.07 Å². The van der Waals surface area contributed by atoms with Crippen LogP contribution in [0.2, 0.25) is 0 Å². The number of anilines is 1. The largest absolute Gasteiger partial charge is 0.352 e. The third-order valence-corrected chi connectivity index (χ3v) is 4.86. The van der Waals surface area contributed by atoms with Crippen LogP contribution in [-0.2, 0) is 6.42 Å². The van der Waals surface area contributed by atoms with Crippen molar-refractivity contribution in [2.75, 3.05) is 5.32 Å². The van der Waals surface area contributed by atoms with E-state index < -0.39 is 0 Å². The molecule has 0 unspecified atom stereocenters. The lowest BCUT2D eigenvalue weighted by molar-refractivity contribution is 0.762. The smallest absolute Gasteiger partial charge is 0.171 e. The fourth-order valence-electron chi connectivity index (χ4n) is 3.23. The van der Waals surface area contributed by atoms with Crippen molar-refractivity contribution < 1.29 is 0 Å². The number of nitrogens with one attached hydrogen (secondary N) is 2. The van der Waals surface area contributed by atoms with Crippen LogP contribution in [0.5, 0.6) is 0 Å². The number of hydrogen-bond donors (Lipinski definition) is 2. The second kappa shape index (κ2) is 9.16. The van der Waals surface area contributed by atoms with Gasteiger partial charge in [-0.15, -0.1) is 0 Å². The summed E-state index contributed by atoms with van der Waals surface area (Å²) in [4.78, 5) is 0. The van der Waals surface area contributed by atoms with E-state index in [0.29, 0.717) is 11.5 Å². The number of benzene rings is 3. The zero-order chi connectivity index (χ0) is 19.9. The average molecular weight is 386 g/mol. The first-order valence-electron chi connectivity index (χ1n) is 9.22. The van der Waals surface area contributed by atoms with Gasteiger partial charge in [0.2, 0.25) is 0 Å². The Morgan fingerprint density at radius 3 is 2.36 bits per heavy atom. The van der Waals surface area contributed by atoms with E-state index in [9.17, 15) is 0 Å². The first kappa shape index (κ1) is 19.6. The summed E-state index contributed by atoms with van der Waals surface area (Å²) in [6.45, 7) is 4.23. The quantitative estimate of drug-likeness (QED) is 0.574. The summed E-state index contributed by atoms with van der Waals surface area (Å²) in [5.41, 5.74) is 6.71. The summed E-state index contributed by atoms with van der Waals surface area (Å²) < 4.78 is 0. The summed E-state index contributed by atoms with van der Waals surface area (Å²) in [5.74, 6) is 0. The number of hydrogen-bond acceptors (Lipinski definition) is 2. The van der Waals surface area contributed by atoms with Gasteiger partial charge < -0.3 is 10.6 Å². The molecule has 0 fully saturated rings. The molecule has 0 saturated heterocycles. The van der Waals surface area contributed by atoms with Gasteiger partial charge in [0.05, 0.1) is 18.5 Å². The molecule has 0 amide bonds. The Morgan fingerprint density at radius 2 is 1.71 bits per heavy atom. The summed E-state index contributed by atoms with van der Waals surface area (Å²) >= 11 is 5.59. The Bertz CT molecular complexity index is 989. The highest BCUT2D eigenvalue weighted by atomic mass is 32.1. The minimum atomic E-state index is -0.0420. The summed E-state index contributed by atoms with van der Waals surface area (Å²) in [5, 5.41) is 16.1. The van der Waals surface area contributed by atoms with Gasteiger partial charge >= 0.3 is 0 Å². The Hall–Kier alpha value is -3.16. The molecule has 3 aromatic carbocycles. The average Bonchev–Trinajstić information content (AvgIpc) is 2.69. The molecule has 1 atom stereocenters. The molecule has 3 aromatic rings. The molecular formula is C24H23N3S. The van der Waals surface area contributed by atoms with Gasteiger partial charge in [-0.3, -0.25) is 0 Å². The molecule has 4 heteroatoms. The maximum Gasteiger partial charge on any atom is 0.171 e. The van der Waals surface area contributed by atoms with E-state index in [2.05, 4.69) is 60.9 Å². The number of rotatable bonds is 5. The van der Waals surface area contributed by atoms with Crippen LogP contribution in [0.3, 0.4) is 0 Å². The molecule has 0 bridgehead atoms. The molecule has 0 aliphatic heterocycles. The lowest BCUT2D eigenvalue weighted by Crippen LogP contribution is -2.33. The Balaban J connectivity index is 1.81. The maximum absolute atomic E-state index is 8.79. The number of nitriles is 1. The zero-order valence-electron chi connectivity index (χ0n) is 16.1. The van der Waals surface area contributed by atoms with Crippen molar-refractivity contribution in [2.45, 2.75) is 26.3 Å². The summed E-state index contributed by atoms with van der Waals surface area (Å²) in [6, 6.07) is 26.7. The molecule has 0 saturated carbocycles. The Labute approximate surface area is 172 Å². The van der Waals surface area contributed by atoms with Crippen molar-refractivity contribution in [1.82, 2.24) is 5.32 Å².